The average Bonchev–Trinajstić information content (AvgIpc) is 3.25. The maximum absolute atomic E-state index is 14.1. The highest BCUT2D eigenvalue weighted by molar-refractivity contribution is 6.04. The minimum absolute atomic E-state index is 0.137. The zero-order chi connectivity index (χ0) is 25.1. The van der Waals surface area contributed by atoms with Gasteiger partial charge in [0.15, 0.2) is 0 Å². The van der Waals surface area contributed by atoms with Crippen LogP contribution in [0.3, 0.4) is 0 Å². The second-order valence-electron chi connectivity index (χ2n) is 7.15. The fourth-order valence-corrected chi connectivity index (χ4v) is 3.26. The lowest BCUT2D eigenvalue weighted by molar-refractivity contribution is -0.276. The maximum atomic E-state index is 14.1. The molecule has 2 aromatic carbocycles. The molecule has 13 heteroatoms. The van der Waals surface area contributed by atoms with E-state index < -0.39 is 53.6 Å². The first kappa shape index (κ1) is 25.0. The van der Waals surface area contributed by atoms with Gasteiger partial charge in [-0.25, -0.2) is 4.39 Å². The highest BCUT2D eigenvalue weighted by Gasteiger charge is 2.62. The van der Waals surface area contributed by atoms with Crippen molar-refractivity contribution in [2.24, 2.45) is 10.3 Å². The van der Waals surface area contributed by atoms with Gasteiger partial charge in [0.25, 0.3) is 11.5 Å². The lowest BCUT2D eigenvalue weighted by Gasteiger charge is -2.30. The van der Waals surface area contributed by atoms with Crippen LogP contribution in [0.25, 0.3) is 0 Å². The summed E-state index contributed by atoms with van der Waals surface area (Å²) >= 11 is 0. The normalized spacial score (nSPS) is 18.5. The molecule has 182 valence electrons. The molecule has 34 heavy (non-hydrogen) atoms. The molecule has 0 radical (unpaired) electrons. The molecule has 0 aliphatic carbocycles. The van der Waals surface area contributed by atoms with Gasteiger partial charge in [0.05, 0.1) is 11.3 Å². The van der Waals surface area contributed by atoms with Gasteiger partial charge < -0.3 is 15.0 Å². The van der Waals surface area contributed by atoms with Crippen LogP contribution < -0.4 is 5.32 Å². The van der Waals surface area contributed by atoms with Gasteiger partial charge in [0.1, 0.15) is 20.1 Å². The molecule has 1 aliphatic heterocycles. The molecule has 6 nitrogen and oxygen atoms in total. The zero-order valence-corrected chi connectivity index (χ0v) is 17.3. The van der Waals surface area contributed by atoms with Gasteiger partial charge >= 0.3 is 12.4 Å². The molecule has 0 fully saturated rings. The summed E-state index contributed by atoms with van der Waals surface area (Å²) in [5, 5.41) is 9.08. The molecule has 2 aromatic rings. The summed E-state index contributed by atoms with van der Waals surface area (Å²) in [7, 11) is 1.26. The summed E-state index contributed by atoms with van der Waals surface area (Å²) < 4.78 is 95.2. The van der Waals surface area contributed by atoms with E-state index in [1.54, 1.807) is 0 Å². The van der Waals surface area contributed by atoms with Gasteiger partial charge in [-0.2, -0.15) is 26.3 Å². The summed E-state index contributed by atoms with van der Waals surface area (Å²) in [4.78, 5) is 21.1. The summed E-state index contributed by atoms with van der Waals surface area (Å²) in [5.74, 6) is -0.579. The number of nitrogens with one attached hydrogen (secondary N) is 1. The largest absolute Gasteiger partial charge is 0.435 e. The van der Waals surface area contributed by atoms with Crippen molar-refractivity contribution in [3.8, 4) is 0 Å². The molecule has 1 heterocycles. The summed E-state index contributed by atoms with van der Waals surface area (Å²) in [6.07, 6.45) is -10.2. The number of nitrogens with zero attached hydrogens (tertiary/aromatic N) is 2. The Balaban J connectivity index is 1.93. The Bertz CT molecular complexity index is 1110. The Morgan fingerprint density at radius 2 is 1.85 bits per heavy atom. The summed E-state index contributed by atoms with van der Waals surface area (Å²) in [6, 6.07) is 6.59. The first-order valence-corrected chi connectivity index (χ1v) is 9.47. The monoisotopic (exact) mass is 491 g/mol. The number of alkyl halides is 7. The van der Waals surface area contributed by atoms with E-state index in [1.165, 1.54) is 31.4 Å². The van der Waals surface area contributed by atoms with E-state index in [-0.39, 0.29) is 22.9 Å². The lowest BCUT2D eigenvalue weighted by Crippen LogP contribution is -2.43. The third kappa shape index (κ3) is 4.97. The molecule has 1 aliphatic rings. The van der Waals surface area contributed by atoms with Crippen molar-refractivity contribution in [2.45, 2.75) is 31.0 Å². The average molecular weight is 491 g/mol. The predicted molar refractivity (Wildman–Crippen MR) is 106 cm³/mol. The molecule has 1 N–H and O–H groups in total. The second kappa shape index (κ2) is 9.31. The van der Waals surface area contributed by atoms with E-state index in [0.29, 0.717) is 12.1 Å². The fraction of sp³-hybridized carbons (Fsp3) is 0.286. The van der Waals surface area contributed by atoms with Crippen molar-refractivity contribution >= 4 is 18.0 Å². The van der Waals surface area contributed by atoms with Crippen LogP contribution in [0.2, 0.25) is 0 Å². The van der Waals surface area contributed by atoms with E-state index in [2.05, 4.69) is 20.5 Å². The van der Waals surface area contributed by atoms with Crippen molar-refractivity contribution in [3.05, 3.63) is 70.3 Å². The SMILES string of the molecule is CO/N=C\NC(=O)c1ccc(C2=NOC(c3cc(CF)cc(C(F)(F)F)c3)(C(F)(F)F)C2)cc1. The molecule has 0 aromatic heterocycles. The van der Waals surface area contributed by atoms with Gasteiger partial charge in [-0.05, 0) is 41.5 Å². The minimum Gasteiger partial charge on any atom is -0.398 e. The van der Waals surface area contributed by atoms with E-state index in [0.717, 1.165) is 6.34 Å². The molecule has 1 unspecified atom stereocenters. The number of benzene rings is 2. The second-order valence-corrected chi connectivity index (χ2v) is 7.15. The molecular formula is C21H16F7N3O3. The highest BCUT2D eigenvalue weighted by Crippen LogP contribution is 2.50. The lowest BCUT2D eigenvalue weighted by atomic mass is 9.84. The van der Waals surface area contributed by atoms with Crippen molar-refractivity contribution in [2.75, 3.05) is 7.11 Å². The van der Waals surface area contributed by atoms with Crippen molar-refractivity contribution in [3.63, 3.8) is 0 Å². The smallest absolute Gasteiger partial charge is 0.398 e. The highest BCUT2D eigenvalue weighted by atomic mass is 19.4. The number of hydrogen-bond acceptors (Lipinski definition) is 5. The van der Waals surface area contributed by atoms with Gasteiger partial charge in [0.2, 0.25) is 0 Å². The molecule has 1 amide bonds. The molecule has 0 saturated carbocycles. The van der Waals surface area contributed by atoms with Crippen LogP contribution in [0.15, 0.2) is 52.8 Å². The van der Waals surface area contributed by atoms with E-state index in [1.807, 2.05) is 0 Å². The summed E-state index contributed by atoms with van der Waals surface area (Å²) in [5.41, 5.74) is -6.13. The standard InChI is InChI=1S/C21H16F7N3O3/c1-33-30-11-29-18(32)14-4-2-13(3-5-14)17-9-19(34-31-17,21(26,27)28)15-6-12(10-22)7-16(8-15)20(23,24)25/h2-8,11H,9-10H2,1H3,(H,29,30,32). The molecule has 0 spiro atoms. The zero-order valence-electron chi connectivity index (χ0n) is 17.3. The Morgan fingerprint density at radius 3 is 2.41 bits per heavy atom. The number of rotatable bonds is 6. The first-order valence-electron chi connectivity index (χ1n) is 9.47. The van der Waals surface area contributed by atoms with Crippen LogP contribution in [0.4, 0.5) is 30.7 Å². The first-order chi connectivity index (χ1) is 15.9. The van der Waals surface area contributed by atoms with E-state index >= 15 is 0 Å². The number of amides is 1. The Morgan fingerprint density at radius 1 is 1.18 bits per heavy atom. The Labute approximate surface area is 188 Å². The number of carbonyl (C=O) groups is 1. The maximum Gasteiger partial charge on any atom is 0.435 e. The van der Waals surface area contributed by atoms with Gasteiger partial charge in [-0.15, -0.1) is 0 Å². The molecule has 1 atom stereocenters. The number of oxime groups is 2. The molecule has 3 rings (SSSR count). The predicted octanol–water partition coefficient (Wildman–Crippen LogP) is 5.08. The molecular weight excluding hydrogens is 475 g/mol. The van der Waals surface area contributed by atoms with Gasteiger partial charge in [-0.3, -0.25) is 4.79 Å². The van der Waals surface area contributed by atoms with Crippen LogP contribution in [-0.2, 0) is 28.1 Å². The third-order valence-corrected chi connectivity index (χ3v) is 4.96. The Hall–Kier alpha value is -3.64. The van der Waals surface area contributed by atoms with E-state index in [4.69, 9.17) is 4.84 Å². The molecule has 0 saturated heterocycles. The van der Waals surface area contributed by atoms with Crippen LogP contribution in [0, 0.1) is 0 Å². The number of hydrogen-bond donors (Lipinski definition) is 1. The van der Waals surface area contributed by atoms with Gasteiger partial charge in [0, 0.05) is 17.5 Å². The summed E-state index contributed by atoms with van der Waals surface area (Å²) in [6.45, 7) is -1.41. The third-order valence-electron chi connectivity index (χ3n) is 4.96. The van der Waals surface area contributed by atoms with Crippen LogP contribution >= 0.6 is 0 Å². The van der Waals surface area contributed by atoms with Crippen LogP contribution in [0.1, 0.15) is 39.0 Å². The van der Waals surface area contributed by atoms with Crippen molar-refractivity contribution in [1.29, 1.82) is 0 Å². The fourth-order valence-electron chi connectivity index (χ4n) is 3.26. The number of carbonyl (C=O) groups excluding carboxylic acids is 1. The van der Waals surface area contributed by atoms with Crippen LogP contribution in [0.5, 0.6) is 0 Å². The Kier molecular flexibility index (Phi) is 6.84. The number of halogens is 7. The quantitative estimate of drug-likeness (QED) is 0.265. The van der Waals surface area contributed by atoms with Crippen molar-refractivity contribution < 1.29 is 45.2 Å². The minimum atomic E-state index is -5.18. The van der Waals surface area contributed by atoms with Crippen LogP contribution in [-0.4, -0.2) is 31.2 Å². The topological polar surface area (TPSA) is 72.3 Å². The van der Waals surface area contributed by atoms with E-state index in [9.17, 15) is 35.5 Å². The molecule has 0 bridgehead atoms. The van der Waals surface area contributed by atoms with Crippen molar-refractivity contribution in [1.82, 2.24) is 5.32 Å². The van der Waals surface area contributed by atoms with Gasteiger partial charge in [-0.1, -0.05) is 22.4 Å².